The summed E-state index contributed by atoms with van der Waals surface area (Å²) < 4.78 is 10.3. The summed E-state index contributed by atoms with van der Waals surface area (Å²) in [6.07, 6.45) is -0.571. The first-order chi connectivity index (χ1) is 15.8. The SMILES string of the molecule is C[C@H](NC(=O)OCc1ccccc1)[C@@H]1C(=O)N2[C@@H]1SC(C)(C)[C@@H]2C(=O)OCc1ccccc1. The van der Waals surface area contributed by atoms with E-state index >= 15 is 0 Å². The number of benzene rings is 2. The van der Waals surface area contributed by atoms with Gasteiger partial charge in [0.1, 0.15) is 19.3 Å². The summed E-state index contributed by atoms with van der Waals surface area (Å²) >= 11 is 1.57. The maximum Gasteiger partial charge on any atom is 0.407 e. The number of esters is 1. The number of fused-ring (bicyclic) bond motifs is 1. The molecule has 0 unspecified atom stereocenters. The molecule has 174 valence electrons. The molecule has 33 heavy (non-hydrogen) atoms. The third kappa shape index (κ3) is 4.85. The number of ether oxygens (including phenoxy) is 2. The predicted octanol–water partition coefficient (Wildman–Crippen LogP) is 3.72. The lowest BCUT2D eigenvalue weighted by Gasteiger charge is -2.46. The van der Waals surface area contributed by atoms with Crippen molar-refractivity contribution < 1.29 is 23.9 Å². The van der Waals surface area contributed by atoms with Crippen molar-refractivity contribution in [3.05, 3.63) is 71.8 Å². The molecule has 0 bridgehead atoms. The lowest BCUT2D eigenvalue weighted by Crippen LogP contribution is -2.67. The zero-order valence-electron chi connectivity index (χ0n) is 18.9. The number of nitrogens with one attached hydrogen (secondary N) is 1. The highest BCUT2D eigenvalue weighted by Crippen LogP contribution is 2.54. The van der Waals surface area contributed by atoms with Crippen molar-refractivity contribution in [3.8, 4) is 0 Å². The summed E-state index contributed by atoms with van der Waals surface area (Å²) in [6, 6.07) is 17.7. The summed E-state index contributed by atoms with van der Waals surface area (Å²) in [6.45, 7) is 6.00. The first kappa shape index (κ1) is 23.2. The highest BCUT2D eigenvalue weighted by molar-refractivity contribution is 8.01. The van der Waals surface area contributed by atoms with Gasteiger partial charge in [0.15, 0.2) is 0 Å². The lowest BCUT2D eigenvalue weighted by atomic mass is 9.87. The number of nitrogens with zero attached hydrogens (tertiary/aromatic N) is 1. The van der Waals surface area contributed by atoms with Crippen molar-refractivity contribution in [2.45, 2.75) is 56.2 Å². The molecule has 2 heterocycles. The van der Waals surface area contributed by atoms with Gasteiger partial charge in [-0.25, -0.2) is 9.59 Å². The molecule has 2 aromatic carbocycles. The van der Waals surface area contributed by atoms with Crippen LogP contribution in [0.25, 0.3) is 0 Å². The van der Waals surface area contributed by atoms with Crippen molar-refractivity contribution in [1.29, 1.82) is 0 Å². The Morgan fingerprint density at radius 3 is 2.12 bits per heavy atom. The molecule has 1 N–H and O–H groups in total. The number of carbonyl (C=O) groups excluding carboxylic acids is 3. The summed E-state index contributed by atoms with van der Waals surface area (Å²) in [5, 5.41) is 2.57. The number of hydrogen-bond donors (Lipinski definition) is 1. The van der Waals surface area contributed by atoms with E-state index in [0.29, 0.717) is 0 Å². The molecule has 4 rings (SSSR count). The molecule has 8 heteroatoms. The third-order valence-electron chi connectivity index (χ3n) is 6.03. The van der Waals surface area contributed by atoms with Crippen LogP contribution in [0.3, 0.4) is 0 Å². The Morgan fingerprint density at radius 2 is 1.55 bits per heavy atom. The molecule has 0 aromatic heterocycles. The Hall–Kier alpha value is -3.00. The molecule has 2 saturated heterocycles. The van der Waals surface area contributed by atoms with Gasteiger partial charge in [-0.3, -0.25) is 4.79 Å². The predicted molar refractivity (Wildman–Crippen MR) is 125 cm³/mol. The van der Waals surface area contributed by atoms with E-state index in [1.807, 2.05) is 74.5 Å². The topological polar surface area (TPSA) is 84.9 Å². The summed E-state index contributed by atoms with van der Waals surface area (Å²) in [5.41, 5.74) is 1.78. The zero-order chi connectivity index (χ0) is 23.6. The van der Waals surface area contributed by atoms with Gasteiger partial charge in [0.25, 0.3) is 0 Å². The Kier molecular flexibility index (Phi) is 6.65. The van der Waals surface area contributed by atoms with Gasteiger partial charge in [0.05, 0.1) is 11.3 Å². The average Bonchev–Trinajstić information content (AvgIpc) is 3.04. The van der Waals surface area contributed by atoms with Crippen LogP contribution in [0.4, 0.5) is 4.79 Å². The smallest absolute Gasteiger partial charge is 0.407 e. The van der Waals surface area contributed by atoms with Crippen LogP contribution in [0.15, 0.2) is 60.7 Å². The average molecular weight is 469 g/mol. The van der Waals surface area contributed by atoms with Crippen LogP contribution in [0.2, 0.25) is 0 Å². The van der Waals surface area contributed by atoms with Crippen molar-refractivity contribution in [2.24, 2.45) is 5.92 Å². The Balaban J connectivity index is 1.34. The van der Waals surface area contributed by atoms with Crippen LogP contribution >= 0.6 is 11.8 Å². The first-order valence-corrected chi connectivity index (χ1v) is 11.8. The van der Waals surface area contributed by atoms with Gasteiger partial charge in [-0.1, -0.05) is 60.7 Å². The Bertz CT molecular complexity index is 1010. The van der Waals surface area contributed by atoms with Crippen LogP contribution in [0.1, 0.15) is 31.9 Å². The second kappa shape index (κ2) is 9.47. The first-order valence-electron chi connectivity index (χ1n) is 11.0. The standard InChI is InChI=1S/C25H28N2O5S/c1-16(26-24(30)32-15-18-12-8-5-9-13-18)19-21(28)27-20(25(2,3)33-22(19)27)23(29)31-14-17-10-6-4-7-11-17/h4-13,16,19-20,22H,14-15H2,1-3H3,(H,26,30)/t16-,19+,20-,22+/m0/s1. The number of alkyl carbamates (subject to hydrolysis) is 1. The molecule has 2 aromatic rings. The Morgan fingerprint density at radius 1 is 1.00 bits per heavy atom. The van der Waals surface area contributed by atoms with Crippen molar-refractivity contribution in [3.63, 3.8) is 0 Å². The molecule has 0 aliphatic carbocycles. The molecule has 0 spiro atoms. The molecule has 2 aliphatic rings. The molecule has 4 atom stereocenters. The molecular formula is C25H28N2O5S. The molecule has 0 radical (unpaired) electrons. The van der Waals surface area contributed by atoms with Gasteiger partial charge in [0.2, 0.25) is 5.91 Å². The van der Waals surface area contributed by atoms with Crippen LogP contribution in [0, 0.1) is 5.92 Å². The summed E-state index contributed by atoms with van der Waals surface area (Å²) in [7, 11) is 0. The van der Waals surface area contributed by atoms with Crippen molar-refractivity contribution in [1.82, 2.24) is 10.2 Å². The maximum absolute atomic E-state index is 13.0. The van der Waals surface area contributed by atoms with Gasteiger partial charge in [0, 0.05) is 10.8 Å². The minimum atomic E-state index is -0.669. The third-order valence-corrected chi connectivity index (χ3v) is 7.62. The van der Waals surface area contributed by atoms with Crippen molar-refractivity contribution >= 4 is 29.7 Å². The van der Waals surface area contributed by atoms with Crippen LogP contribution < -0.4 is 5.32 Å². The van der Waals surface area contributed by atoms with Gasteiger partial charge in [-0.05, 0) is 31.9 Å². The number of β-lactam (4-membered cyclic amide) rings is 1. The second-order valence-electron chi connectivity index (χ2n) is 8.87. The summed E-state index contributed by atoms with van der Waals surface area (Å²) in [4.78, 5) is 39.8. The van der Waals surface area contributed by atoms with E-state index in [1.165, 1.54) is 0 Å². The molecule has 2 amide bonds. The van der Waals surface area contributed by atoms with Crippen molar-refractivity contribution in [2.75, 3.05) is 0 Å². The van der Waals surface area contributed by atoms with E-state index in [2.05, 4.69) is 5.32 Å². The maximum atomic E-state index is 13.0. The molecule has 7 nitrogen and oxygen atoms in total. The number of rotatable bonds is 7. The minimum Gasteiger partial charge on any atom is -0.459 e. The minimum absolute atomic E-state index is 0.157. The summed E-state index contributed by atoms with van der Waals surface area (Å²) in [5.74, 6) is -0.991. The Labute approximate surface area is 197 Å². The van der Waals surface area contributed by atoms with E-state index in [1.54, 1.807) is 23.6 Å². The normalized spacial score (nSPS) is 23.8. The molecule has 0 saturated carbocycles. The fourth-order valence-corrected chi connectivity index (χ4v) is 6.13. The molecule has 2 aliphatic heterocycles. The molecule has 2 fully saturated rings. The van der Waals surface area contributed by atoms with E-state index in [-0.39, 0.29) is 24.5 Å². The highest BCUT2D eigenvalue weighted by atomic mass is 32.2. The largest absolute Gasteiger partial charge is 0.459 e. The van der Waals surface area contributed by atoms with Crippen LogP contribution in [-0.2, 0) is 32.3 Å². The van der Waals surface area contributed by atoms with Gasteiger partial charge >= 0.3 is 12.1 Å². The van der Waals surface area contributed by atoms with Crippen LogP contribution in [-0.4, -0.2) is 45.1 Å². The lowest BCUT2D eigenvalue weighted by molar-refractivity contribution is -0.168. The number of thioether (sulfide) groups is 1. The number of carbonyl (C=O) groups is 3. The monoisotopic (exact) mass is 468 g/mol. The van der Waals surface area contributed by atoms with E-state index in [9.17, 15) is 14.4 Å². The van der Waals surface area contributed by atoms with Gasteiger partial charge in [-0.15, -0.1) is 11.8 Å². The zero-order valence-corrected chi connectivity index (χ0v) is 19.7. The number of hydrogen-bond acceptors (Lipinski definition) is 6. The molecular weight excluding hydrogens is 440 g/mol. The quantitative estimate of drug-likeness (QED) is 0.492. The van der Waals surface area contributed by atoms with E-state index < -0.39 is 34.8 Å². The van der Waals surface area contributed by atoms with Gasteiger partial charge < -0.3 is 19.7 Å². The van der Waals surface area contributed by atoms with Crippen LogP contribution in [0.5, 0.6) is 0 Å². The van der Waals surface area contributed by atoms with E-state index in [4.69, 9.17) is 9.47 Å². The van der Waals surface area contributed by atoms with E-state index in [0.717, 1.165) is 11.1 Å². The fourth-order valence-electron chi connectivity index (χ4n) is 4.33. The fraction of sp³-hybridized carbons (Fsp3) is 0.400. The number of amides is 2. The van der Waals surface area contributed by atoms with Gasteiger partial charge in [-0.2, -0.15) is 0 Å². The second-order valence-corrected chi connectivity index (χ2v) is 10.6. The highest BCUT2D eigenvalue weighted by Gasteiger charge is 2.65.